The number of rotatable bonds is 10. The zero-order chi connectivity index (χ0) is 21.2. The van der Waals surface area contributed by atoms with E-state index in [1.807, 2.05) is 12.1 Å². The van der Waals surface area contributed by atoms with Gasteiger partial charge >= 0.3 is 0 Å². The van der Waals surface area contributed by atoms with Crippen molar-refractivity contribution in [2.24, 2.45) is 0 Å². The van der Waals surface area contributed by atoms with Crippen LogP contribution in [0.2, 0.25) is 0 Å². The first-order chi connectivity index (χ1) is 14.7. The Morgan fingerprint density at radius 3 is 2.67 bits per heavy atom. The van der Waals surface area contributed by atoms with E-state index in [-0.39, 0.29) is 5.91 Å². The third-order valence-corrected chi connectivity index (χ3v) is 5.05. The van der Waals surface area contributed by atoms with Gasteiger partial charge in [0.25, 0.3) is 5.91 Å². The van der Waals surface area contributed by atoms with Gasteiger partial charge in [-0.2, -0.15) is 0 Å². The van der Waals surface area contributed by atoms with Crippen molar-refractivity contribution in [3.05, 3.63) is 42.1 Å². The molecule has 1 aliphatic rings. The van der Waals surface area contributed by atoms with Crippen molar-refractivity contribution in [1.82, 2.24) is 4.98 Å². The summed E-state index contributed by atoms with van der Waals surface area (Å²) in [6.45, 7) is 5.96. The molecule has 0 unspecified atom stereocenters. The molecule has 3 rings (SSSR count). The van der Waals surface area contributed by atoms with Gasteiger partial charge in [0, 0.05) is 18.7 Å². The molecule has 0 bridgehead atoms. The molecular weight excluding hydrogens is 382 g/mol. The lowest BCUT2D eigenvalue weighted by Gasteiger charge is -2.28. The Balaban J connectivity index is 1.57. The second kappa shape index (κ2) is 11.4. The highest BCUT2D eigenvalue weighted by Crippen LogP contribution is 2.28. The van der Waals surface area contributed by atoms with Crippen LogP contribution in [0, 0.1) is 0 Å². The fraction of sp³-hybridized carbons (Fsp3) is 0.478. The lowest BCUT2D eigenvalue weighted by Crippen LogP contribution is -2.36. The van der Waals surface area contributed by atoms with Gasteiger partial charge in [0.1, 0.15) is 5.82 Å². The maximum absolute atomic E-state index is 12.6. The molecule has 1 amide bonds. The fourth-order valence-corrected chi connectivity index (χ4v) is 3.30. The summed E-state index contributed by atoms with van der Waals surface area (Å²) in [5.41, 5.74) is 1.52. The number of carbonyl (C=O) groups is 1. The van der Waals surface area contributed by atoms with Crippen LogP contribution in [-0.2, 0) is 4.74 Å². The number of hydrogen-bond acceptors (Lipinski definition) is 6. The molecule has 162 valence electrons. The number of aromatic nitrogens is 1. The van der Waals surface area contributed by atoms with Crippen LogP contribution >= 0.6 is 0 Å². The molecule has 2 aromatic rings. The number of nitrogens with zero attached hydrogens (tertiary/aromatic N) is 2. The Kier molecular flexibility index (Phi) is 8.32. The predicted molar refractivity (Wildman–Crippen MR) is 118 cm³/mol. The largest absolute Gasteiger partial charge is 0.493 e. The maximum atomic E-state index is 12.6. The summed E-state index contributed by atoms with van der Waals surface area (Å²) < 4.78 is 16.6. The van der Waals surface area contributed by atoms with Gasteiger partial charge in [0.05, 0.1) is 38.8 Å². The zero-order valence-corrected chi connectivity index (χ0v) is 17.9. The molecule has 1 saturated heterocycles. The lowest BCUT2D eigenvalue weighted by molar-refractivity contribution is 0.102. The molecule has 1 N–H and O–H groups in total. The molecule has 30 heavy (non-hydrogen) atoms. The van der Waals surface area contributed by atoms with E-state index in [0.717, 1.165) is 44.8 Å². The molecule has 7 nitrogen and oxygen atoms in total. The van der Waals surface area contributed by atoms with Gasteiger partial charge < -0.3 is 24.4 Å². The molecule has 2 heterocycles. The van der Waals surface area contributed by atoms with Crippen LogP contribution in [0.3, 0.4) is 0 Å². The zero-order valence-electron chi connectivity index (χ0n) is 17.9. The van der Waals surface area contributed by atoms with Crippen LogP contribution in [0.1, 0.15) is 43.0 Å². The van der Waals surface area contributed by atoms with Crippen molar-refractivity contribution < 1.29 is 19.0 Å². The van der Waals surface area contributed by atoms with Gasteiger partial charge in [-0.05, 0) is 36.8 Å². The number of morpholine rings is 1. The minimum absolute atomic E-state index is 0.241. The topological polar surface area (TPSA) is 72.9 Å². The van der Waals surface area contributed by atoms with Gasteiger partial charge in [-0.3, -0.25) is 4.79 Å². The van der Waals surface area contributed by atoms with E-state index in [9.17, 15) is 4.79 Å². The molecular formula is C23H31N3O4. The van der Waals surface area contributed by atoms with Crippen molar-refractivity contribution in [1.29, 1.82) is 0 Å². The first kappa shape index (κ1) is 21.9. The summed E-state index contributed by atoms with van der Waals surface area (Å²) in [5.74, 6) is 1.47. The Hall–Kier alpha value is -2.80. The molecule has 0 saturated carbocycles. The molecule has 0 spiro atoms. The molecule has 1 aromatic carbocycles. The molecule has 7 heteroatoms. The van der Waals surface area contributed by atoms with Crippen molar-refractivity contribution in [3.63, 3.8) is 0 Å². The van der Waals surface area contributed by atoms with E-state index in [1.165, 1.54) is 12.8 Å². The number of unbranched alkanes of at least 4 members (excludes halogenated alkanes) is 3. The number of hydrogen-bond donors (Lipinski definition) is 1. The Bertz CT molecular complexity index is 805. The smallest absolute Gasteiger partial charge is 0.256 e. The summed E-state index contributed by atoms with van der Waals surface area (Å²) >= 11 is 0. The van der Waals surface area contributed by atoms with Gasteiger partial charge in [-0.25, -0.2) is 4.98 Å². The number of methoxy groups -OCH3 is 1. The van der Waals surface area contributed by atoms with Crippen molar-refractivity contribution >= 4 is 17.4 Å². The van der Waals surface area contributed by atoms with E-state index in [0.29, 0.717) is 29.5 Å². The van der Waals surface area contributed by atoms with Gasteiger partial charge in [-0.15, -0.1) is 0 Å². The van der Waals surface area contributed by atoms with Crippen molar-refractivity contribution in [2.75, 3.05) is 50.2 Å². The normalized spacial score (nSPS) is 13.7. The Morgan fingerprint density at radius 2 is 1.97 bits per heavy atom. The summed E-state index contributed by atoms with van der Waals surface area (Å²) in [4.78, 5) is 19.2. The lowest BCUT2D eigenvalue weighted by atomic mass is 10.2. The minimum atomic E-state index is -0.241. The van der Waals surface area contributed by atoms with Crippen LogP contribution in [-0.4, -0.2) is 50.9 Å². The van der Waals surface area contributed by atoms with E-state index >= 15 is 0 Å². The van der Waals surface area contributed by atoms with Gasteiger partial charge in [0.2, 0.25) is 0 Å². The third-order valence-electron chi connectivity index (χ3n) is 5.05. The van der Waals surface area contributed by atoms with Crippen LogP contribution in [0.4, 0.5) is 11.5 Å². The van der Waals surface area contributed by atoms with Crippen LogP contribution in [0.15, 0.2) is 36.5 Å². The highest BCUT2D eigenvalue weighted by molar-refractivity contribution is 6.04. The van der Waals surface area contributed by atoms with E-state index < -0.39 is 0 Å². The van der Waals surface area contributed by atoms with E-state index in [2.05, 4.69) is 22.1 Å². The average Bonchev–Trinajstić information content (AvgIpc) is 2.80. The highest BCUT2D eigenvalue weighted by Gasteiger charge is 2.14. The number of ether oxygens (including phenoxy) is 3. The molecule has 0 radical (unpaired) electrons. The van der Waals surface area contributed by atoms with Crippen LogP contribution in [0.5, 0.6) is 11.5 Å². The second-order valence-corrected chi connectivity index (χ2v) is 7.23. The first-order valence-electron chi connectivity index (χ1n) is 10.6. The first-order valence-corrected chi connectivity index (χ1v) is 10.6. The van der Waals surface area contributed by atoms with E-state index in [1.54, 1.807) is 31.5 Å². The van der Waals surface area contributed by atoms with Crippen LogP contribution < -0.4 is 19.7 Å². The summed E-state index contributed by atoms with van der Waals surface area (Å²) in [7, 11) is 1.58. The standard InChI is InChI=1S/C23H31N3O4/c1-3-4-5-6-13-30-20-9-7-18(16-21(20)28-2)23(27)25-22-10-8-19(17-24-22)26-11-14-29-15-12-26/h7-10,16-17H,3-6,11-15H2,1-2H3,(H,24,25,27). The van der Waals surface area contributed by atoms with Gasteiger partial charge in [-0.1, -0.05) is 26.2 Å². The average molecular weight is 414 g/mol. The molecule has 0 aliphatic carbocycles. The molecule has 1 fully saturated rings. The molecule has 0 atom stereocenters. The van der Waals surface area contributed by atoms with Crippen molar-refractivity contribution in [2.45, 2.75) is 32.6 Å². The Labute approximate surface area is 178 Å². The Morgan fingerprint density at radius 1 is 1.13 bits per heavy atom. The number of benzene rings is 1. The summed E-state index contributed by atoms with van der Waals surface area (Å²) in [6, 6.07) is 8.99. The maximum Gasteiger partial charge on any atom is 0.256 e. The van der Waals surface area contributed by atoms with Crippen molar-refractivity contribution in [3.8, 4) is 11.5 Å². The summed E-state index contributed by atoms with van der Waals surface area (Å²) in [5, 5.41) is 2.84. The number of anilines is 2. The molecule has 1 aliphatic heterocycles. The monoisotopic (exact) mass is 413 g/mol. The highest BCUT2D eigenvalue weighted by atomic mass is 16.5. The quantitative estimate of drug-likeness (QED) is 0.590. The number of nitrogens with one attached hydrogen (secondary N) is 1. The molecule has 1 aromatic heterocycles. The summed E-state index contributed by atoms with van der Waals surface area (Å²) in [6.07, 6.45) is 6.33. The third kappa shape index (κ3) is 6.10. The van der Waals surface area contributed by atoms with E-state index in [4.69, 9.17) is 14.2 Å². The van der Waals surface area contributed by atoms with Crippen LogP contribution in [0.25, 0.3) is 0 Å². The number of pyridine rings is 1. The number of amides is 1. The number of carbonyl (C=O) groups excluding carboxylic acids is 1. The SMILES string of the molecule is CCCCCCOc1ccc(C(=O)Nc2ccc(N3CCOCC3)cn2)cc1OC. The van der Waals surface area contributed by atoms with Gasteiger partial charge in [0.15, 0.2) is 11.5 Å². The fourth-order valence-electron chi connectivity index (χ4n) is 3.30. The second-order valence-electron chi connectivity index (χ2n) is 7.23. The minimum Gasteiger partial charge on any atom is -0.493 e. The predicted octanol–water partition coefficient (Wildman–Crippen LogP) is 4.14.